The number of nitrogens with zero attached hydrogens (tertiary/aromatic N) is 2. The summed E-state index contributed by atoms with van der Waals surface area (Å²) in [5.74, 6) is -0.832. The number of para-hydroxylation sites is 2. The largest absolute Gasteiger partial charge is 0.495 e. The van der Waals surface area contributed by atoms with Gasteiger partial charge in [-0.05, 0) is 44.2 Å². The molecule has 3 aromatic rings. The summed E-state index contributed by atoms with van der Waals surface area (Å²) in [6.45, 7) is 2.94. The Morgan fingerprint density at radius 1 is 1.16 bits per heavy atom. The van der Waals surface area contributed by atoms with E-state index in [9.17, 15) is 19.7 Å². The van der Waals surface area contributed by atoms with Crippen LogP contribution in [0.4, 0.5) is 11.4 Å². The number of carbonyl (C=O) groups excluding carboxylic acids is 2. The van der Waals surface area contributed by atoms with Crippen LogP contribution in [0.1, 0.15) is 21.7 Å². The Hall–Kier alpha value is -3.85. The third-order valence-corrected chi connectivity index (χ3v) is 4.98. The molecular formula is C22H20ClN3O6. The van der Waals surface area contributed by atoms with Crippen LogP contribution in [-0.4, -0.2) is 35.1 Å². The van der Waals surface area contributed by atoms with E-state index >= 15 is 0 Å². The van der Waals surface area contributed by atoms with Gasteiger partial charge in [0.05, 0.1) is 23.3 Å². The number of amides is 1. The number of halogens is 1. The van der Waals surface area contributed by atoms with Crippen LogP contribution in [0.2, 0.25) is 5.02 Å². The van der Waals surface area contributed by atoms with Crippen LogP contribution in [0, 0.1) is 24.0 Å². The van der Waals surface area contributed by atoms with Gasteiger partial charge in [-0.1, -0.05) is 23.7 Å². The molecule has 0 saturated carbocycles. The van der Waals surface area contributed by atoms with Gasteiger partial charge in [0.25, 0.3) is 11.6 Å². The zero-order chi connectivity index (χ0) is 23.4. The van der Waals surface area contributed by atoms with E-state index in [1.165, 1.54) is 25.3 Å². The molecular weight excluding hydrogens is 438 g/mol. The summed E-state index contributed by atoms with van der Waals surface area (Å²) in [5, 5.41) is 13.9. The molecule has 2 aromatic carbocycles. The molecule has 0 aliphatic carbocycles. The Morgan fingerprint density at radius 2 is 1.88 bits per heavy atom. The molecule has 0 saturated heterocycles. The Morgan fingerprint density at radius 3 is 2.56 bits per heavy atom. The van der Waals surface area contributed by atoms with Crippen LogP contribution < -0.4 is 10.1 Å². The highest BCUT2D eigenvalue weighted by molar-refractivity contribution is 6.30. The third kappa shape index (κ3) is 4.73. The Labute approximate surface area is 188 Å². The molecule has 32 heavy (non-hydrogen) atoms. The predicted molar refractivity (Wildman–Crippen MR) is 119 cm³/mol. The fourth-order valence-corrected chi connectivity index (χ4v) is 3.48. The molecule has 1 N–H and O–H groups in total. The van der Waals surface area contributed by atoms with E-state index < -0.39 is 23.4 Å². The number of hydrogen-bond donors (Lipinski definition) is 1. The van der Waals surface area contributed by atoms with Gasteiger partial charge in [-0.2, -0.15) is 0 Å². The van der Waals surface area contributed by atoms with Crippen molar-refractivity contribution in [2.45, 2.75) is 13.8 Å². The highest BCUT2D eigenvalue weighted by Crippen LogP contribution is 2.31. The van der Waals surface area contributed by atoms with Crippen molar-refractivity contribution < 1.29 is 24.0 Å². The van der Waals surface area contributed by atoms with Crippen LogP contribution in [0.3, 0.4) is 0 Å². The van der Waals surface area contributed by atoms with E-state index in [0.29, 0.717) is 22.2 Å². The smallest absolute Gasteiger partial charge is 0.340 e. The van der Waals surface area contributed by atoms with Crippen molar-refractivity contribution in [2.24, 2.45) is 0 Å². The molecule has 9 nitrogen and oxygen atoms in total. The fourth-order valence-electron chi connectivity index (χ4n) is 3.31. The van der Waals surface area contributed by atoms with Gasteiger partial charge in [-0.3, -0.25) is 14.9 Å². The number of rotatable bonds is 7. The number of carbonyl (C=O) groups is 2. The topological polar surface area (TPSA) is 113 Å². The van der Waals surface area contributed by atoms with Crippen molar-refractivity contribution in [3.05, 3.63) is 80.6 Å². The molecule has 10 heteroatoms. The average molecular weight is 458 g/mol. The molecule has 0 radical (unpaired) electrons. The lowest BCUT2D eigenvalue weighted by Crippen LogP contribution is -2.21. The van der Waals surface area contributed by atoms with Crippen molar-refractivity contribution in [1.82, 2.24) is 4.57 Å². The maximum absolute atomic E-state index is 12.6. The van der Waals surface area contributed by atoms with E-state index in [0.717, 1.165) is 5.69 Å². The van der Waals surface area contributed by atoms with Crippen molar-refractivity contribution >= 4 is 34.9 Å². The number of esters is 1. The second-order valence-electron chi connectivity index (χ2n) is 6.83. The van der Waals surface area contributed by atoms with Gasteiger partial charge in [-0.25, -0.2) is 4.79 Å². The number of aromatic nitrogens is 1. The van der Waals surface area contributed by atoms with Crippen molar-refractivity contribution in [1.29, 1.82) is 0 Å². The fraction of sp³-hybridized carbons (Fsp3) is 0.182. The SMILES string of the molecule is COc1ccc(Cl)cc1-n1c(C)cc(C(=O)OCC(=O)Nc2ccccc2[N+](=O)[O-])c1C. The highest BCUT2D eigenvalue weighted by Gasteiger charge is 2.21. The molecule has 0 atom stereocenters. The normalized spacial score (nSPS) is 10.5. The first kappa shape index (κ1) is 22.8. The summed E-state index contributed by atoms with van der Waals surface area (Å²) in [6, 6.07) is 12.5. The lowest BCUT2D eigenvalue weighted by Gasteiger charge is -2.14. The molecule has 0 spiro atoms. The minimum atomic E-state index is -0.706. The second-order valence-corrected chi connectivity index (χ2v) is 7.27. The number of hydrogen-bond acceptors (Lipinski definition) is 6. The third-order valence-electron chi connectivity index (χ3n) is 4.74. The first-order valence-electron chi connectivity index (χ1n) is 9.46. The number of aryl methyl sites for hydroxylation is 1. The van der Waals surface area contributed by atoms with E-state index in [2.05, 4.69) is 5.32 Å². The van der Waals surface area contributed by atoms with Gasteiger partial charge in [0.1, 0.15) is 11.4 Å². The standard InChI is InChI=1S/C22H20ClN3O6/c1-13-10-16(14(2)25(13)19-11-15(23)8-9-20(19)31-3)22(28)32-12-21(27)24-17-6-4-5-7-18(17)26(29)30/h4-11H,12H2,1-3H3,(H,24,27). The van der Waals surface area contributed by atoms with E-state index in [1.54, 1.807) is 41.8 Å². The lowest BCUT2D eigenvalue weighted by molar-refractivity contribution is -0.383. The van der Waals surface area contributed by atoms with Crippen LogP contribution in [0.25, 0.3) is 5.69 Å². The van der Waals surface area contributed by atoms with Crippen molar-refractivity contribution in [3.8, 4) is 11.4 Å². The first-order valence-corrected chi connectivity index (χ1v) is 9.84. The molecule has 0 aliphatic heterocycles. The predicted octanol–water partition coefficient (Wildman–Crippen LogP) is 4.46. The monoisotopic (exact) mass is 457 g/mol. The second kappa shape index (κ2) is 9.52. The van der Waals surface area contributed by atoms with Crippen LogP contribution >= 0.6 is 11.6 Å². The summed E-state index contributed by atoms with van der Waals surface area (Å²) >= 11 is 6.13. The first-order chi connectivity index (χ1) is 15.2. The maximum Gasteiger partial charge on any atom is 0.340 e. The summed E-state index contributed by atoms with van der Waals surface area (Å²) in [5.41, 5.74) is 1.99. The summed E-state index contributed by atoms with van der Waals surface area (Å²) in [4.78, 5) is 35.3. The molecule has 0 aliphatic rings. The highest BCUT2D eigenvalue weighted by atomic mass is 35.5. The van der Waals surface area contributed by atoms with Gasteiger partial charge < -0.3 is 19.4 Å². The molecule has 1 heterocycles. The van der Waals surface area contributed by atoms with Gasteiger partial charge in [-0.15, -0.1) is 0 Å². The minimum absolute atomic E-state index is 0.0183. The Bertz CT molecular complexity index is 1200. The average Bonchev–Trinajstić information content (AvgIpc) is 3.06. The van der Waals surface area contributed by atoms with E-state index in [-0.39, 0.29) is 16.9 Å². The number of nitro benzene ring substituents is 1. The quantitative estimate of drug-likeness (QED) is 0.318. The van der Waals surface area contributed by atoms with Crippen LogP contribution in [0.5, 0.6) is 5.75 Å². The number of anilines is 1. The zero-order valence-electron chi connectivity index (χ0n) is 17.5. The number of ether oxygens (including phenoxy) is 2. The minimum Gasteiger partial charge on any atom is -0.495 e. The Balaban J connectivity index is 1.76. The Kier molecular flexibility index (Phi) is 6.79. The van der Waals surface area contributed by atoms with Crippen molar-refractivity contribution in [3.63, 3.8) is 0 Å². The molecule has 166 valence electrons. The number of nitrogens with one attached hydrogen (secondary N) is 1. The molecule has 1 aromatic heterocycles. The summed E-state index contributed by atoms with van der Waals surface area (Å²) < 4.78 is 12.3. The summed E-state index contributed by atoms with van der Waals surface area (Å²) in [7, 11) is 1.53. The lowest BCUT2D eigenvalue weighted by atomic mass is 10.2. The zero-order valence-corrected chi connectivity index (χ0v) is 18.3. The molecule has 0 bridgehead atoms. The van der Waals surface area contributed by atoms with Crippen molar-refractivity contribution in [2.75, 3.05) is 19.0 Å². The van der Waals surface area contributed by atoms with E-state index in [4.69, 9.17) is 21.1 Å². The number of benzene rings is 2. The van der Waals surface area contributed by atoms with Gasteiger partial charge in [0.15, 0.2) is 6.61 Å². The molecule has 0 fully saturated rings. The van der Waals surface area contributed by atoms with Gasteiger partial charge >= 0.3 is 5.97 Å². The number of nitro groups is 1. The number of methoxy groups -OCH3 is 1. The maximum atomic E-state index is 12.6. The molecule has 3 rings (SSSR count). The van der Waals surface area contributed by atoms with E-state index in [1.807, 2.05) is 6.92 Å². The van der Waals surface area contributed by atoms with Crippen LogP contribution in [0.15, 0.2) is 48.5 Å². The summed E-state index contributed by atoms with van der Waals surface area (Å²) in [6.07, 6.45) is 0. The molecule has 0 unspecified atom stereocenters. The van der Waals surface area contributed by atoms with Gasteiger partial charge in [0, 0.05) is 22.5 Å². The van der Waals surface area contributed by atoms with Gasteiger partial charge in [0.2, 0.25) is 0 Å². The van der Waals surface area contributed by atoms with Crippen LogP contribution in [-0.2, 0) is 9.53 Å². The molecule has 1 amide bonds.